The maximum Gasteiger partial charge on any atom is 0.411 e. The number of nitrogens with one attached hydrogen (secondary N) is 1. The lowest BCUT2D eigenvalue weighted by molar-refractivity contribution is -0.142. The third-order valence-corrected chi connectivity index (χ3v) is 3.79. The van der Waals surface area contributed by atoms with E-state index >= 15 is 0 Å². The van der Waals surface area contributed by atoms with Crippen LogP contribution in [0.25, 0.3) is 0 Å². The molecule has 6 heteroatoms. The normalized spacial score (nSPS) is 27.2. The average molecular weight is 284 g/mol. The van der Waals surface area contributed by atoms with Gasteiger partial charge in [-0.3, -0.25) is 4.90 Å². The zero-order chi connectivity index (χ0) is 14.9. The third-order valence-electron chi connectivity index (χ3n) is 3.79. The summed E-state index contributed by atoms with van der Waals surface area (Å²) in [5.41, 5.74) is -0.611. The molecule has 0 radical (unpaired) electrons. The average Bonchev–Trinajstić information content (AvgIpc) is 2.65. The molecule has 0 aromatic rings. The summed E-state index contributed by atoms with van der Waals surface area (Å²) >= 11 is 0. The van der Waals surface area contributed by atoms with Crippen molar-refractivity contribution >= 4 is 12.1 Å². The van der Waals surface area contributed by atoms with Gasteiger partial charge in [0.1, 0.15) is 11.6 Å². The molecule has 0 bridgehead atoms. The zero-order valence-corrected chi connectivity index (χ0v) is 12.4. The summed E-state index contributed by atoms with van der Waals surface area (Å²) in [5.74, 6) is -0.964. The first-order valence-electron chi connectivity index (χ1n) is 7.25. The Morgan fingerprint density at radius 2 is 1.90 bits per heavy atom. The van der Waals surface area contributed by atoms with Gasteiger partial charge in [-0.05, 0) is 40.0 Å². The van der Waals surface area contributed by atoms with Crippen LogP contribution in [0.1, 0.15) is 46.5 Å². The van der Waals surface area contributed by atoms with E-state index in [1.54, 1.807) is 20.8 Å². The number of likely N-dealkylation sites (tertiary alicyclic amines) is 1. The molecule has 0 spiro atoms. The summed E-state index contributed by atoms with van der Waals surface area (Å²) in [4.78, 5) is 24.8. The van der Waals surface area contributed by atoms with Gasteiger partial charge in [-0.15, -0.1) is 0 Å². The Bertz CT molecular complexity index is 387. The molecular formula is C14H24N2O4. The molecule has 1 aliphatic heterocycles. The SMILES string of the molecule is CC(C)(C)OC(=O)N1C[C@H](NC2CCC2)CC1C(=O)O. The van der Waals surface area contributed by atoms with E-state index in [1.807, 2.05) is 0 Å². The maximum atomic E-state index is 12.1. The molecule has 6 nitrogen and oxygen atoms in total. The highest BCUT2D eigenvalue weighted by Gasteiger charge is 2.42. The van der Waals surface area contributed by atoms with Crippen LogP contribution in [-0.4, -0.2) is 52.3 Å². The van der Waals surface area contributed by atoms with Gasteiger partial charge in [-0.25, -0.2) is 9.59 Å². The number of nitrogens with zero attached hydrogens (tertiary/aromatic N) is 1. The third kappa shape index (κ3) is 3.62. The Morgan fingerprint density at radius 3 is 2.35 bits per heavy atom. The van der Waals surface area contributed by atoms with Crippen LogP contribution in [0.3, 0.4) is 0 Å². The lowest BCUT2D eigenvalue weighted by atomic mass is 9.92. The summed E-state index contributed by atoms with van der Waals surface area (Å²) in [6.45, 7) is 5.74. The van der Waals surface area contributed by atoms with Gasteiger partial charge in [0, 0.05) is 18.6 Å². The first-order chi connectivity index (χ1) is 9.26. The van der Waals surface area contributed by atoms with E-state index in [0.717, 1.165) is 12.8 Å². The van der Waals surface area contributed by atoms with E-state index in [2.05, 4.69) is 5.32 Å². The van der Waals surface area contributed by atoms with Crippen molar-refractivity contribution in [2.24, 2.45) is 0 Å². The fourth-order valence-electron chi connectivity index (χ4n) is 2.62. The van der Waals surface area contributed by atoms with Gasteiger partial charge in [-0.2, -0.15) is 0 Å². The van der Waals surface area contributed by atoms with Gasteiger partial charge in [0.05, 0.1) is 0 Å². The molecule has 0 aromatic heterocycles. The topological polar surface area (TPSA) is 78.9 Å². The minimum Gasteiger partial charge on any atom is -0.480 e. The molecule has 2 fully saturated rings. The highest BCUT2D eigenvalue weighted by molar-refractivity contribution is 5.81. The van der Waals surface area contributed by atoms with E-state index < -0.39 is 23.7 Å². The lowest BCUT2D eigenvalue weighted by Gasteiger charge is -2.30. The molecule has 1 aliphatic carbocycles. The number of carboxylic acids is 1. The van der Waals surface area contributed by atoms with Gasteiger partial charge in [0.25, 0.3) is 0 Å². The number of carbonyl (C=O) groups excluding carboxylic acids is 1. The highest BCUT2D eigenvalue weighted by Crippen LogP contribution is 2.25. The molecule has 2 aliphatic rings. The van der Waals surface area contributed by atoms with Crippen LogP contribution in [0.2, 0.25) is 0 Å². The van der Waals surface area contributed by atoms with E-state index in [9.17, 15) is 14.7 Å². The first-order valence-corrected chi connectivity index (χ1v) is 7.25. The van der Waals surface area contributed by atoms with Gasteiger partial charge < -0.3 is 15.2 Å². The molecule has 2 atom stereocenters. The smallest absolute Gasteiger partial charge is 0.411 e. The van der Waals surface area contributed by atoms with Crippen LogP contribution in [-0.2, 0) is 9.53 Å². The molecule has 0 aromatic carbocycles. The molecule has 2 N–H and O–H groups in total. The fourth-order valence-corrected chi connectivity index (χ4v) is 2.62. The summed E-state index contributed by atoms with van der Waals surface area (Å²) in [6.07, 6.45) is 3.41. The Morgan fingerprint density at radius 1 is 1.25 bits per heavy atom. The fraction of sp³-hybridized carbons (Fsp3) is 0.857. The van der Waals surface area contributed by atoms with Gasteiger partial charge in [0.15, 0.2) is 0 Å². The van der Waals surface area contributed by atoms with E-state index in [0.29, 0.717) is 19.0 Å². The molecule has 1 unspecified atom stereocenters. The second-order valence-electron chi connectivity index (χ2n) is 6.71. The minimum atomic E-state index is -0.964. The molecule has 20 heavy (non-hydrogen) atoms. The van der Waals surface area contributed by atoms with Crippen molar-refractivity contribution in [3.05, 3.63) is 0 Å². The largest absolute Gasteiger partial charge is 0.480 e. The molecule has 1 amide bonds. The second-order valence-corrected chi connectivity index (χ2v) is 6.71. The number of hydrogen-bond donors (Lipinski definition) is 2. The summed E-state index contributed by atoms with van der Waals surface area (Å²) in [5, 5.41) is 12.7. The quantitative estimate of drug-likeness (QED) is 0.823. The number of hydrogen-bond acceptors (Lipinski definition) is 4. The number of amides is 1. The summed E-state index contributed by atoms with van der Waals surface area (Å²) in [6, 6.07) is -0.260. The van der Waals surface area contributed by atoms with Crippen LogP contribution in [0.15, 0.2) is 0 Å². The van der Waals surface area contributed by atoms with Crippen molar-refractivity contribution in [3.63, 3.8) is 0 Å². The Labute approximate surface area is 119 Å². The van der Waals surface area contributed by atoms with Gasteiger partial charge in [0.2, 0.25) is 0 Å². The molecule has 1 saturated heterocycles. The minimum absolute atomic E-state index is 0.0499. The number of carbonyl (C=O) groups is 2. The van der Waals surface area contributed by atoms with Crippen LogP contribution < -0.4 is 5.32 Å². The maximum absolute atomic E-state index is 12.1. The zero-order valence-electron chi connectivity index (χ0n) is 12.4. The van der Waals surface area contributed by atoms with E-state index in [1.165, 1.54) is 11.3 Å². The molecule has 2 rings (SSSR count). The Kier molecular flexibility index (Phi) is 4.22. The molecule has 1 saturated carbocycles. The van der Waals surface area contributed by atoms with Crippen molar-refractivity contribution in [1.29, 1.82) is 0 Å². The molecule has 114 valence electrons. The van der Waals surface area contributed by atoms with Crippen molar-refractivity contribution in [2.75, 3.05) is 6.54 Å². The van der Waals surface area contributed by atoms with Crippen LogP contribution in [0, 0.1) is 0 Å². The predicted molar refractivity (Wildman–Crippen MR) is 73.5 cm³/mol. The van der Waals surface area contributed by atoms with E-state index in [-0.39, 0.29) is 6.04 Å². The van der Waals surface area contributed by atoms with Gasteiger partial charge >= 0.3 is 12.1 Å². The molecule has 1 heterocycles. The highest BCUT2D eigenvalue weighted by atomic mass is 16.6. The molecular weight excluding hydrogens is 260 g/mol. The number of rotatable bonds is 3. The van der Waals surface area contributed by atoms with Crippen molar-refractivity contribution < 1.29 is 19.4 Å². The van der Waals surface area contributed by atoms with Gasteiger partial charge in [-0.1, -0.05) is 6.42 Å². The number of aliphatic carboxylic acids is 1. The van der Waals surface area contributed by atoms with Crippen molar-refractivity contribution in [3.8, 4) is 0 Å². The van der Waals surface area contributed by atoms with Crippen molar-refractivity contribution in [2.45, 2.75) is 70.2 Å². The Balaban J connectivity index is 1.97. The van der Waals surface area contributed by atoms with Crippen LogP contribution >= 0.6 is 0 Å². The number of carboxylic acid groups (broad SMARTS) is 1. The van der Waals surface area contributed by atoms with Crippen LogP contribution in [0.4, 0.5) is 4.79 Å². The van der Waals surface area contributed by atoms with Crippen molar-refractivity contribution in [1.82, 2.24) is 10.2 Å². The first kappa shape index (κ1) is 15.1. The standard InChI is InChI=1S/C14H24N2O4/c1-14(2,3)20-13(19)16-8-10(7-11(16)12(17)18)15-9-5-4-6-9/h9-11,15H,4-8H2,1-3H3,(H,17,18)/t10-,11?/m1/s1. The predicted octanol–water partition coefficient (Wildman–Crippen LogP) is 1.59. The lowest BCUT2D eigenvalue weighted by Crippen LogP contribution is -2.45. The summed E-state index contributed by atoms with van der Waals surface area (Å²) in [7, 11) is 0. The van der Waals surface area contributed by atoms with Crippen LogP contribution in [0.5, 0.6) is 0 Å². The Hall–Kier alpha value is -1.30. The van der Waals surface area contributed by atoms with E-state index in [4.69, 9.17) is 4.74 Å². The second kappa shape index (κ2) is 5.60. The monoisotopic (exact) mass is 284 g/mol. The summed E-state index contributed by atoms with van der Waals surface area (Å²) < 4.78 is 5.29. The number of ether oxygens (including phenoxy) is 1.